The van der Waals surface area contributed by atoms with Gasteiger partial charge in [0.05, 0.1) is 19.9 Å². The second-order valence-electron chi connectivity index (χ2n) is 5.00. The van der Waals surface area contributed by atoms with Crippen LogP contribution in [-0.2, 0) is 9.59 Å². The highest BCUT2D eigenvalue weighted by Crippen LogP contribution is 2.29. The lowest BCUT2D eigenvalue weighted by Crippen LogP contribution is -2.29. The van der Waals surface area contributed by atoms with Crippen molar-refractivity contribution in [1.29, 1.82) is 0 Å². The van der Waals surface area contributed by atoms with E-state index >= 15 is 0 Å². The number of ether oxygens (including phenoxy) is 2. The van der Waals surface area contributed by atoms with Gasteiger partial charge in [0.1, 0.15) is 5.75 Å². The second kappa shape index (κ2) is 7.36. The summed E-state index contributed by atoms with van der Waals surface area (Å²) in [6, 6.07) is 9.42. The first-order valence-corrected chi connectivity index (χ1v) is 7.08. The van der Waals surface area contributed by atoms with E-state index in [4.69, 9.17) is 9.47 Å². The summed E-state index contributed by atoms with van der Waals surface area (Å²) in [5, 5.41) is 14.5. The van der Waals surface area contributed by atoms with Gasteiger partial charge in [0.2, 0.25) is 0 Å². The van der Waals surface area contributed by atoms with Gasteiger partial charge in [-0.2, -0.15) is 0 Å². The van der Waals surface area contributed by atoms with Gasteiger partial charge in [0.25, 0.3) is 0 Å². The normalized spacial score (nSPS) is 9.96. The maximum Gasteiger partial charge on any atom is 0.314 e. The molecule has 0 atom stereocenters. The Labute approximate surface area is 139 Å². The van der Waals surface area contributed by atoms with Gasteiger partial charge in [-0.25, -0.2) is 0 Å². The highest BCUT2D eigenvalue weighted by atomic mass is 16.5. The first-order chi connectivity index (χ1) is 11.4. The van der Waals surface area contributed by atoms with Crippen LogP contribution in [0.5, 0.6) is 17.2 Å². The summed E-state index contributed by atoms with van der Waals surface area (Å²) in [6.07, 6.45) is 0. The number of benzene rings is 2. The molecule has 126 valence electrons. The smallest absolute Gasteiger partial charge is 0.314 e. The van der Waals surface area contributed by atoms with Crippen molar-refractivity contribution in [3.05, 3.63) is 42.0 Å². The second-order valence-corrected chi connectivity index (χ2v) is 5.00. The number of hydrogen-bond acceptors (Lipinski definition) is 5. The van der Waals surface area contributed by atoms with E-state index in [-0.39, 0.29) is 11.4 Å². The number of aryl methyl sites for hydroxylation is 1. The predicted molar refractivity (Wildman–Crippen MR) is 89.6 cm³/mol. The Kier molecular flexibility index (Phi) is 5.26. The summed E-state index contributed by atoms with van der Waals surface area (Å²) in [6.45, 7) is 1.80. The minimum Gasteiger partial charge on any atom is -0.506 e. The van der Waals surface area contributed by atoms with E-state index in [1.807, 2.05) is 0 Å². The molecule has 7 nitrogen and oxygen atoms in total. The standard InChI is InChI=1S/C17H18N2O5/c1-10-4-6-13(20)12(8-10)19-17(22)16(21)18-11-5-7-14(23-2)15(9-11)24-3/h4-9,20H,1-3H3,(H,18,21)(H,19,22). The quantitative estimate of drug-likeness (QED) is 0.590. The molecule has 0 aliphatic rings. The lowest BCUT2D eigenvalue weighted by molar-refractivity contribution is -0.133. The highest BCUT2D eigenvalue weighted by molar-refractivity contribution is 6.43. The molecule has 0 fully saturated rings. The van der Waals surface area contributed by atoms with Crippen LogP contribution >= 0.6 is 0 Å². The highest BCUT2D eigenvalue weighted by Gasteiger charge is 2.16. The summed E-state index contributed by atoms with van der Waals surface area (Å²) >= 11 is 0. The molecule has 3 N–H and O–H groups in total. The largest absolute Gasteiger partial charge is 0.506 e. The summed E-state index contributed by atoms with van der Waals surface area (Å²) in [5.74, 6) is -0.960. The molecule has 0 aliphatic heterocycles. The van der Waals surface area contributed by atoms with Crippen LogP contribution in [0.2, 0.25) is 0 Å². The van der Waals surface area contributed by atoms with E-state index in [0.29, 0.717) is 17.2 Å². The Morgan fingerprint density at radius 1 is 0.917 bits per heavy atom. The van der Waals surface area contributed by atoms with Crippen molar-refractivity contribution < 1.29 is 24.2 Å². The number of nitrogens with one attached hydrogen (secondary N) is 2. The molecule has 2 aromatic rings. The van der Waals surface area contributed by atoms with Gasteiger partial charge in [-0.3, -0.25) is 9.59 Å². The van der Waals surface area contributed by atoms with Crippen molar-refractivity contribution in [2.75, 3.05) is 24.9 Å². The van der Waals surface area contributed by atoms with Gasteiger partial charge < -0.3 is 25.2 Å². The molecule has 2 amide bonds. The molecule has 0 heterocycles. The fourth-order valence-corrected chi connectivity index (χ4v) is 2.03. The molecule has 0 saturated heterocycles. The monoisotopic (exact) mass is 330 g/mol. The zero-order valence-electron chi connectivity index (χ0n) is 13.5. The van der Waals surface area contributed by atoms with Crippen LogP contribution in [0.15, 0.2) is 36.4 Å². The van der Waals surface area contributed by atoms with Crippen LogP contribution in [0.25, 0.3) is 0 Å². The van der Waals surface area contributed by atoms with E-state index in [9.17, 15) is 14.7 Å². The van der Waals surface area contributed by atoms with Crippen LogP contribution in [-0.4, -0.2) is 31.1 Å². The maximum absolute atomic E-state index is 12.0. The fourth-order valence-electron chi connectivity index (χ4n) is 2.03. The molecule has 0 aliphatic carbocycles. The molecule has 24 heavy (non-hydrogen) atoms. The van der Waals surface area contributed by atoms with E-state index in [1.165, 1.54) is 26.4 Å². The molecule has 7 heteroatoms. The molecule has 0 radical (unpaired) electrons. The van der Waals surface area contributed by atoms with Crippen LogP contribution in [0.3, 0.4) is 0 Å². The number of amides is 2. The third kappa shape index (κ3) is 3.95. The van der Waals surface area contributed by atoms with Gasteiger partial charge in [0, 0.05) is 11.8 Å². The van der Waals surface area contributed by atoms with Gasteiger partial charge >= 0.3 is 11.8 Å². The average molecular weight is 330 g/mol. The number of carbonyl (C=O) groups excluding carboxylic acids is 2. The van der Waals surface area contributed by atoms with Gasteiger partial charge in [-0.1, -0.05) is 6.07 Å². The summed E-state index contributed by atoms with van der Waals surface area (Å²) < 4.78 is 10.2. The number of rotatable bonds is 4. The van der Waals surface area contributed by atoms with Crippen LogP contribution < -0.4 is 20.1 Å². The number of phenols is 1. The SMILES string of the molecule is COc1ccc(NC(=O)C(=O)Nc2cc(C)ccc2O)cc1OC. The van der Waals surface area contributed by atoms with Crippen LogP contribution in [0.4, 0.5) is 11.4 Å². The number of methoxy groups -OCH3 is 2. The first-order valence-electron chi connectivity index (χ1n) is 7.08. The van der Waals surface area contributed by atoms with Crippen molar-refractivity contribution in [1.82, 2.24) is 0 Å². The predicted octanol–water partition coefficient (Wildman–Crippen LogP) is 2.30. The van der Waals surface area contributed by atoms with Gasteiger partial charge in [0.15, 0.2) is 11.5 Å². The van der Waals surface area contributed by atoms with Crippen molar-refractivity contribution >= 4 is 23.2 Å². The summed E-state index contributed by atoms with van der Waals surface area (Å²) in [4.78, 5) is 24.0. The molecular weight excluding hydrogens is 312 g/mol. The minimum atomic E-state index is -0.898. The lowest BCUT2D eigenvalue weighted by Gasteiger charge is -2.11. The molecule has 0 unspecified atom stereocenters. The minimum absolute atomic E-state index is 0.118. The van der Waals surface area contributed by atoms with Gasteiger partial charge in [-0.15, -0.1) is 0 Å². The molecule has 2 aromatic carbocycles. The topological polar surface area (TPSA) is 96.9 Å². The Hall–Kier alpha value is -3.22. The molecule has 0 spiro atoms. The average Bonchev–Trinajstić information content (AvgIpc) is 2.57. The lowest BCUT2D eigenvalue weighted by atomic mass is 10.2. The van der Waals surface area contributed by atoms with Crippen molar-refractivity contribution in [2.24, 2.45) is 0 Å². The van der Waals surface area contributed by atoms with Crippen molar-refractivity contribution in [3.63, 3.8) is 0 Å². The third-order valence-electron chi connectivity index (χ3n) is 3.25. The maximum atomic E-state index is 12.0. The fraction of sp³-hybridized carbons (Fsp3) is 0.176. The summed E-state index contributed by atoms with van der Waals surface area (Å²) in [5.41, 5.74) is 1.38. The molecule has 0 aromatic heterocycles. The number of anilines is 2. The van der Waals surface area contributed by atoms with Crippen molar-refractivity contribution in [3.8, 4) is 17.2 Å². The number of aromatic hydroxyl groups is 1. The van der Waals surface area contributed by atoms with Crippen LogP contribution in [0, 0.1) is 6.92 Å². The first kappa shape index (κ1) is 17.1. The summed E-state index contributed by atoms with van der Waals surface area (Å²) in [7, 11) is 2.97. The van der Waals surface area contributed by atoms with E-state index < -0.39 is 11.8 Å². The van der Waals surface area contributed by atoms with Crippen LogP contribution in [0.1, 0.15) is 5.56 Å². The van der Waals surface area contributed by atoms with E-state index in [0.717, 1.165) is 5.56 Å². The zero-order valence-corrected chi connectivity index (χ0v) is 13.5. The Bertz CT molecular complexity index is 774. The van der Waals surface area contributed by atoms with E-state index in [1.54, 1.807) is 31.2 Å². The Balaban J connectivity index is 2.09. The number of phenolic OH excluding ortho intramolecular Hbond substituents is 1. The van der Waals surface area contributed by atoms with E-state index in [2.05, 4.69) is 10.6 Å². The Morgan fingerprint density at radius 3 is 2.25 bits per heavy atom. The third-order valence-corrected chi connectivity index (χ3v) is 3.25. The molecule has 0 saturated carbocycles. The Morgan fingerprint density at radius 2 is 1.58 bits per heavy atom. The molecular formula is C17H18N2O5. The number of carbonyl (C=O) groups is 2. The van der Waals surface area contributed by atoms with Gasteiger partial charge in [-0.05, 0) is 36.8 Å². The zero-order chi connectivity index (χ0) is 17.7. The molecule has 2 rings (SSSR count). The molecule has 0 bridgehead atoms. The van der Waals surface area contributed by atoms with Crippen molar-refractivity contribution in [2.45, 2.75) is 6.92 Å². The number of hydrogen-bond donors (Lipinski definition) is 3.